The molecule has 1 saturated heterocycles. The van der Waals surface area contributed by atoms with Gasteiger partial charge >= 0.3 is 0 Å². The third kappa shape index (κ3) is 4.00. The molecule has 1 fully saturated rings. The molecule has 2 aromatic rings. The molecule has 0 atom stereocenters. The predicted octanol–water partition coefficient (Wildman–Crippen LogP) is 3.35. The summed E-state index contributed by atoms with van der Waals surface area (Å²) in [7, 11) is 0. The standard InChI is InChI=1S/C21H24N2O2S/c1-16-2-4-19(26-16)5-7-21(24)23-11-9-22(10-12-23)15-17-3-6-20-18(14-17)8-13-25-20/h2-7,14H,8-13,15H2,1H3/b7-5+. The fourth-order valence-electron chi connectivity index (χ4n) is 3.52. The number of amides is 1. The maximum atomic E-state index is 12.4. The Bertz CT molecular complexity index is 819. The van der Waals surface area contributed by atoms with Crippen LogP contribution in [0.1, 0.15) is 20.9 Å². The largest absolute Gasteiger partial charge is 0.493 e. The summed E-state index contributed by atoms with van der Waals surface area (Å²) in [6.07, 6.45) is 4.65. The van der Waals surface area contributed by atoms with Gasteiger partial charge in [-0.25, -0.2) is 0 Å². The molecule has 136 valence electrons. The van der Waals surface area contributed by atoms with Crippen molar-refractivity contribution in [3.63, 3.8) is 0 Å². The predicted molar refractivity (Wildman–Crippen MR) is 106 cm³/mol. The van der Waals surface area contributed by atoms with Gasteiger partial charge in [-0.05, 0) is 42.3 Å². The number of piperazine rings is 1. The van der Waals surface area contributed by atoms with Crippen LogP contribution < -0.4 is 4.74 Å². The van der Waals surface area contributed by atoms with Gasteiger partial charge < -0.3 is 9.64 Å². The second-order valence-corrected chi connectivity index (χ2v) is 8.24. The van der Waals surface area contributed by atoms with Gasteiger partial charge in [-0.1, -0.05) is 12.1 Å². The molecular weight excluding hydrogens is 344 g/mol. The van der Waals surface area contributed by atoms with E-state index < -0.39 is 0 Å². The summed E-state index contributed by atoms with van der Waals surface area (Å²) in [5.74, 6) is 1.15. The SMILES string of the molecule is Cc1ccc(/C=C/C(=O)N2CCN(Cc3ccc4c(c3)CCO4)CC2)s1. The Morgan fingerprint density at radius 3 is 2.81 bits per heavy atom. The second kappa shape index (κ2) is 7.64. The number of ether oxygens (including phenoxy) is 1. The third-order valence-electron chi connectivity index (χ3n) is 5.00. The molecule has 0 N–H and O–H groups in total. The van der Waals surface area contributed by atoms with Crippen LogP contribution in [0.4, 0.5) is 0 Å². The molecule has 0 unspecified atom stereocenters. The first-order chi connectivity index (χ1) is 12.7. The van der Waals surface area contributed by atoms with Gasteiger partial charge in [0, 0.05) is 55.0 Å². The molecule has 2 aliphatic heterocycles. The molecule has 5 heteroatoms. The van der Waals surface area contributed by atoms with Crippen LogP contribution in [0.25, 0.3) is 6.08 Å². The maximum absolute atomic E-state index is 12.4. The minimum atomic E-state index is 0.116. The van der Waals surface area contributed by atoms with Gasteiger partial charge in [-0.2, -0.15) is 0 Å². The molecule has 2 aliphatic rings. The van der Waals surface area contributed by atoms with Crippen molar-refractivity contribution in [2.75, 3.05) is 32.8 Å². The highest BCUT2D eigenvalue weighted by Gasteiger charge is 2.20. The highest BCUT2D eigenvalue weighted by Crippen LogP contribution is 2.26. The van der Waals surface area contributed by atoms with Crippen LogP contribution in [-0.2, 0) is 17.8 Å². The highest BCUT2D eigenvalue weighted by atomic mass is 32.1. The van der Waals surface area contributed by atoms with Crippen LogP contribution in [-0.4, -0.2) is 48.5 Å². The van der Waals surface area contributed by atoms with E-state index in [4.69, 9.17) is 4.74 Å². The fraction of sp³-hybridized carbons (Fsp3) is 0.381. The molecule has 0 saturated carbocycles. The lowest BCUT2D eigenvalue weighted by Crippen LogP contribution is -2.47. The average Bonchev–Trinajstić information content (AvgIpc) is 3.28. The molecule has 1 amide bonds. The zero-order valence-electron chi connectivity index (χ0n) is 15.1. The monoisotopic (exact) mass is 368 g/mol. The molecule has 0 bridgehead atoms. The van der Waals surface area contributed by atoms with Gasteiger partial charge in [-0.3, -0.25) is 9.69 Å². The minimum Gasteiger partial charge on any atom is -0.493 e. The molecule has 0 spiro atoms. The number of hydrogen-bond donors (Lipinski definition) is 0. The summed E-state index contributed by atoms with van der Waals surface area (Å²) < 4.78 is 5.58. The zero-order valence-corrected chi connectivity index (χ0v) is 15.9. The Morgan fingerprint density at radius 1 is 1.19 bits per heavy atom. The van der Waals surface area contributed by atoms with Crippen molar-refractivity contribution >= 4 is 23.3 Å². The van der Waals surface area contributed by atoms with Crippen molar-refractivity contribution in [1.82, 2.24) is 9.80 Å². The molecular formula is C21H24N2O2S. The van der Waals surface area contributed by atoms with E-state index in [9.17, 15) is 4.79 Å². The van der Waals surface area contributed by atoms with Crippen LogP contribution in [0.5, 0.6) is 5.75 Å². The lowest BCUT2D eigenvalue weighted by atomic mass is 10.1. The highest BCUT2D eigenvalue weighted by molar-refractivity contribution is 7.12. The minimum absolute atomic E-state index is 0.116. The summed E-state index contributed by atoms with van der Waals surface area (Å²) >= 11 is 1.71. The van der Waals surface area contributed by atoms with Crippen molar-refractivity contribution in [1.29, 1.82) is 0 Å². The van der Waals surface area contributed by atoms with Gasteiger partial charge in [0.2, 0.25) is 5.91 Å². The van der Waals surface area contributed by atoms with Gasteiger partial charge in [0.15, 0.2) is 0 Å². The molecule has 1 aromatic heterocycles. The van der Waals surface area contributed by atoms with Crippen molar-refractivity contribution in [3.05, 3.63) is 57.3 Å². The first kappa shape index (κ1) is 17.3. The number of fused-ring (bicyclic) bond motifs is 1. The van der Waals surface area contributed by atoms with E-state index in [0.717, 1.165) is 56.4 Å². The first-order valence-electron chi connectivity index (χ1n) is 9.18. The molecule has 4 rings (SSSR count). The Labute approximate surface area is 158 Å². The van der Waals surface area contributed by atoms with Gasteiger partial charge in [0.1, 0.15) is 5.75 Å². The first-order valence-corrected chi connectivity index (χ1v) is 9.99. The van der Waals surface area contributed by atoms with Crippen LogP contribution in [0.3, 0.4) is 0 Å². The van der Waals surface area contributed by atoms with Gasteiger partial charge in [-0.15, -0.1) is 11.3 Å². The number of carbonyl (C=O) groups is 1. The Hall–Kier alpha value is -2.11. The number of aryl methyl sites for hydroxylation is 1. The smallest absolute Gasteiger partial charge is 0.246 e. The lowest BCUT2D eigenvalue weighted by molar-refractivity contribution is -0.127. The lowest BCUT2D eigenvalue weighted by Gasteiger charge is -2.34. The summed E-state index contributed by atoms with van der Waals surface area (Å²) in [4.78, 5) is 19.2. The van der Waals surface area contributed by atoms with Crippen molar-refractivity contribution < 1.29 is 9.53 Å². The molecule has 1 aromatic carbocycles. The van der Waals surface area contributed by atoms with Crippen LogP contribution >= 0.6 is 11.3 Å². The van der Waals surface area contributed by atoms with E-state index in [1.54, 1.807) is 17.4 Å². The Morgan fingerprint density at radius 2 is 2.04 bits per heavy atom. The summed E-state index contributed by atoms with van der Waals surface area (Å²) in [6.45, 7) is 7.26. The molecule has 0 aliphatic carbocycles. The Balaban J connectivity index is 1.28. The number of nitrogens with zero attached hydrogens (tertiary/aromatic N) is 2. The molecule has 3 heterocycles. The quantitative estimate of drug-likeness (QED) is 0.776. The zero-order chi connectivity index (χ0) is 17.9. The molecule has 4 nitrogen and oxygen atoms in total. The van der Waals surface area contributed by atoms with Crippen LogP contribution in [0.2, 0.25) is 0 Å². The van der Waals surface area contributed by atoms with E-state index >= 15 is 0 Å². The normalized spacial score (nSPS) is 17.5. The van der Waals surface area contributed by atoms with E-state index in [1.165, 1.54) is 16.0 Å². The van der Waals surface area contributed by atoms with Crippen LogP contribution in [0.15, 0.2) is 36.4 Å². The van der Waals surface area contributed by atoms with E-state index in [1.807, 2.05) is 11.0 Å². The van der Waals surface area contributed by atoms with Crippen molar-refractivity contribution in [2.24, 2.45) is 0 Å². The number of hydrogen-bond acceptors (Lipinski definition) is 4. The van der Waals surface area contributed by atoms with Gasteiger partial charge in [0.05, 0.1) is 6.61 Å². The van der Waals surface area contributed by atoms with Gasteiger partial charge in [0.25, 0.3) is 0 Å². The van der Waals surface area contributed by atoms with Crippen molar-refractivity contribution in [2.45, 2.75) is 19.9 Å². The van der Waals surface area contributed by atoms with Crippen LogP contribution in [0, 0.1) is 6.92 Å². The number of carbonyl (C=O) groups excluding carboxylic acids is 1. The third-order valence-corrected chi connectivity index (χ3v) is 5.96. The number of thiophene rings is 1. The van der Waals surface area contributed by atoms with Crippen molar-refractivity contribution in [3.8, 4) is 5.75 Å². The Kier molecular flexibility index (Phi) is 5.09. The van der Waals surface area contributed by atoms with E-state index in [-0.39, 0.29) is 5.91 Å². The summed E-state index contributed by atoms with van der Waals surface area (Å²) in [5.41, 5.74) is 2.66. The summed E-state index contributed by atoms with van der Waals surface area (Å²) in [6, 6.07) is 10.7. The molecule has 26 heavy (non-hydrogen) atoms. The van der Waals surface area contributed by atoms with E-state index in [2.05, 4.69) is 42.2 Å². The summed E-state index contributed by atoms with van der Waals surface area (Å²) in [5, 5.41) is 0. The second-order valence-electron chi connectivity index (χ2n) is 6.92. The fourth-order valence-corrected chi connectivity index (χ4v) is 4.30. The topological polar surface area (TPSA) is 32.8 Å². The number of rotatable bonds is 4. The average molecular weight is 369 g/mol. The number of benzene rings is 1. The molecule has 0 radical (unpaired) electrons. The maximum Gasteiger partial charge on any atom is 0.246 e. The van der Waals surface area contributed by atoms with E-state index in [0.29, 0.717) is 0 Å².